The number of hydrogen-bond donors (Lipinski definition) is 1. The zero-order chi connectivity index (χ0) is 15.0. The van der Waals surface area contributed by atoms with Crippen LogP contribution in [0.25, 0.3) is 0 Å². The van der Waals surface area contributed by atoms with E-state index in [-0.39, 0.29) is 24.8 Å². The number of amides is 2. The zero-order valence-corrected chi connectivity index (χ0v) is 10.6. The molecule has 20 heavy (non-hydrogen) atoms. The number of aromatic nitrogens is 1. The van der Waals surface area contributed by atoms with Crippen LogP contribution in [0, 0.1) is 5.21 Å². The second kappa shape index (κ2) is 7.67. The summed E-state index contributed by atoms with van der Waals surface area (Å²) >= 11 is 0. The summed E-state index contributed by atoms with van der Waals surface area (Å²) in [5.41, 5.74) is 0. The van der Waals surface area contributed by atoms with Crippen LogP contribution in [0.3, 0.4) is 0 Å². The molecule has 2 rings (SSSR count). The molecule has 0 bridgehead atoms. The van der Waals surface area contributed by atoms with Gasteiger partial charge < -0.3 is 10.3 Å². The predicted octanol–water partition coefficient (Wildman–Crippen LogP) is 0.0962. The minimum atomic E-state index is -0.924. The van der Waals surface area contributed by atoms with E-state index in [0.717, 1.165) is 9.63 Å². The highest BCUT2D eigenvalue weighted by atomic mass is 16.5. The number of carboxylic acids is 1. The summed E-state index contributed by atoms with van der Waals surface area (Å²) in [7, 11) is 0. The Morgan fingerprint density at radius 3 is 2.10 bits per heavy atom. The van der Waals surface area contributed by atoms with Gasteiger partial charge in [0.15, 0.2) is 12.4 Å². The lowest BCUT2D eigenvalue weighted by Gasteiger charge is -2.11. The predicted molar refractivity (Wildman–Crippen MR) is 68.1 cm³/mol. The highest BCUT2D eigenvalue weighted by molar-refractivity contribution is 6.12. The van der Waals surface area contributed by atoms with Gasteiger partial charge in [-0.25, -0.2) is 0 Å². The van der Waals surface area contributed by atoms with Crippen LogP contribution in [-0.4, -0.2) is 34.3 Å². The van der Waals surface area contributed by atoms with Gasteiger partial charge in [0.1, 0.15) is 0 Å². The number of hydrogen-bond acceptors (Lipinski definition) is 4. The molecule has 0 atom stereocenters. The molecule has 7 heteroatoms. The van der Waals surface area contributed by atoms with Gasteiger partial charge in [0, 0.05) is 37.3 Å². The lowest BCUT2D eigenvalue weighted by Crippen LogP contribution is -2.31. The van der Waals surface area contributed by atoms with Crippen molar-refractivity contribution < 1.29 is 24.2 Å². The van der Waals surface area contributed by atoms with Crippen molar-refractivity contribution in [3.05, 3.63) is 48.0 Å². The van der Waals surface area contributed by atoms with E-state index in [1.54, 1.807) is 18.2 Å². The molecule has 1 N–H and O–H groups in total. The Morgan fingerprint density at radius 1 is 1.15 bits per heavy atom. The summed E-state index contributed by atoms with van der Waals surface area (Å²) in [4.78, 5) is 33.0. The average molecular weight is 278 g/mol. The fraction of sp³-hybridized carbons (Fsp3) is 0.231. The molecule has 0 radical (unpaired) electrons. The normalized spacial score (nSPS) is 13.1. The highest BCUT2D eigenvalue weighted by Crippen LogP contribution is 2.05. The number of aliphatic carboxylic acids is 1. The molecule has 2 amide bonds. The maximum atomic E-state index is 10.9. The molecule has 2 heterocycles. The van der Waals surface area contributed by atoms with Crippen LogP contribution in [0.15, 0.2) is 42.7 Å². The van der Waals surface area contributed by atoms with Gasteiger partial charge in [-0.15, -0.1) is 0 Å². The molecule has 0 aliphatic carbocycles. The molecule has 1 aliphatic rings. The van der Waals surface area contributed by atoms with Crippen LogP contribution in [0.5, 0.6) is 0 Å². The molecule has 0 unspecified atom stereocenters. The van der Waals surface area contributed by atoms with Crippen LogP contribution < -0.4 is 4.73 Å². The number of carbonyl (C=O) groups is 3. The molecular weight excluding hydrogens is 264 g/mol. The second-order valence-electron chi connectivity index (χ2n) is 3.89. The number of carbonyl (C=O) groups excluding carboxylic acids is 2. The van der Waals surface area contributed by atoms with E-state index in [0.29, 0.717) is 6.42 Å². The maximum Gasteiger partial charge on any atom is 0.303 e. The molecule has 0 saturated carbocycles. The number of nitrogens with zero attached hydrogens (tertiary/aromatic N) is 2. The Labute approximate surface area is 115 Å². The van der Waals surface area contributed by atoms with Gasteiger partial charge in [0.25, 0.3) is 11.8 Å². The quantitative estimate of drug-likeness (QED) is 0.478. The summed E-state index contributed by atoms with van der Waals surface area (Å²) in [5, 5.41) is 18.5. The third-order valence-electron chi connectivity index (χ3n) is 2.36. The molecule has 7 nitrogen and oxygen atoms in total. The third-order valence-corrected chi connectivity index (χ3v) is 2.36. The minimum absolute atomic E-state index is 0.0307. The number of imide groups is 1. The lowest BCUT2D eigenvalue weighted by atomic mass is 10.3. The molecule has 0 spiro atoms. The summed E-state index contributed by atoms with van der Waals surface area (Å²) in [5.74, 6) is -1.65. The standard InChI is InChI=1S/C8H9NO4.C5H5NO/c10-6-3-4-7(11)9(6)5-1-2-8(12)13;7-6-4-2-1-3-5-6/h3-4H,1-2,5H2,(H,12,13);1-5H. The van der Waals surface area contributed by atoms with Gasteiger partial charge in [-0.05, 0) is 6.42 Å². The van der Waals surface area contributed by atoms with Crippen LogP contribution in [0.4, 0.5) is 0 Å². The molecule has 0 aromatic carbocycles. The Balaban J connectivity index is 0.000000240. The van der Waals surface area contributed by atoms with E-state index in [2.05, 4.69) is 0 Å². The SMILES string of the molecule is O=C(O)CCCN1C(=O)C=CC1=O.[O-][n+]1ccccc1. The topological polar surface area (TPSA) is 102 Å². The first-order chi connectivity index (χ1) is 9.50. The molecule has 1 aromatic rings. The zero-order valence-electron chi connectivity index (χ0n) is 10.6. The molecule has 1 aliphatic heterocycles. The van der Waals surface area contributed by atoms with Gasteiger partial charge in [-0.3, -0.25) is 19.3 Å². The summed E-state index contributed by atoms with van der Waals surface area (Å²) < 4.78 is 0.750. The molecular formula is C13H14N2O5. The van der Waals surface area contributed by atoms with Crippen molar-refractivity contribution in [3.8, 4) is 0 Å². The van der Waals surface area contributed by atoms with E-state index in [1.165, 1.54) is 24.5 Å². The van der Waals surface area contributed by atoms with E-state index >= 15 is 0 Å². The smallest absolute Gasteiger partial charge is 0.303 e. The van der Waals surface area contributed by atoms with Crippen molar-refractivity contribution >= 4 is 17.8 Å². The van der Waals surface area contributed by atoms with Gasteiger partial charge >= 0.3 is 5.97 Å². The largest absolute Gasteiger partial charge is 0.619 e. The fourth-order valence-electron chi connectivity index (χ4n) is 1.42. The first kappa shape index (κ1) is 15.4. The highest BCUT2D eigenvalue weighted by Gasteiger charge is 2.22. The van der Waals surface area contributed by atoms with E-state index in [1.807, 2.05) is 0 Å². The fourth-order valence-corrected chi connectivity index (χ4v) is 1.42. The van der Waals surface area contributed by atoms with Gasteiger partial charge in [-0.2, -0.15) is 4.73 Å². The van der Waals surface area contributed by atoms with Crippen LogP contribution in [0.1, 0.15) is 12.8 Å². The van der Waals surface area contributed by atoms with Crippen molar-refractivity contribution in [2.45, 2.75) is 12.8 Å². The molecule has 0 fully saturated rings. The third kappa shape index (κ3) is 5.30. The van der Waals surface area contributed by atoms with Crippen molar-refractivity contribution in [1.29, 1.82) is 0 Å². The van der Waals surface area contributed by atoms with Crippen molar-refractivity contribution in [2.24, 2.45) is 0 Å². The summed E-state index contributed by atoms with van der Waals surface area (Å²) in [6, 6.07) is 5.18. The van der Waals surface area contributed by atoms with Crippen molar-refractivity contribution in [3.63, 3.8) is 0 Å². The van der Waals surface area contributed by atoms with Crippen LogP contribution in [-0.2, 0) is 14.4 Å². The number of carboxylic acid groups (broad SMARTS) is 1. The van der Waals surface area contributed by atoms with Crippen molar-refractivity contribution in [2.75, 3.05) is 6.54 Å². The van der Waals surface area contributed by atoms with E-state index in [9.17, 15) is 19.6 Å². The van der Waals surface area contributed by atoms with Gasteiger partial charge in [0.05, 0.1) is 0 Å². The first-order valence-electron chi connectivity index (χ1n) is 5.90. The van der Waals surface area contributed by atoms with Gasteiger partial charge in [-0.1, -0.05) is 6.07 Å². The Morgan fingerprint density at radius 2 is 1.70 bits per heavy atom. The monoisotopic (exact) mass is 278 g/mol. The van der Waals surface area contributed by atoms with Crippen LogP contribution >= 0.6 is 0 Å². The second-order valence-corrected chi connectivity index (χ2v) is 3.89. The first-order valence-corrected chi connectivity index (χ1v) is 5.90. The molecule has 106 valence electrons. The maximum absolute atomic E-state index is 10.9. The Kier molecular flexibility index (Phi) is 5.89. The lowest BCUT2D eigenvalue weighted by molar-refractivity contribution is -0.605. The van der Waals surface area contributed by atoms with Crippen LogP contribution in [0.2, 0.25) is 0 Å². The Hall–Kier alpha value is -2.70. The van der Waals surface area contributed by atoms with Gasteiger partial charge in [0.2, 0.25) is 0 Å². The Bertz CT molecular complexity index is 495. The number of rotatable bonds is 4. The summed E-state index contributed by atoms with van der Waals surface area (Å²) in [6.45, 7) is 0.178. The summed E-state index contributed by atoms with van der Waals surface area (Å²) in [6.07, 6.45) is 5.53. The van der Waals surface area contributed by atoms with E-state index in [4.69, 9.17) is 5.11 Å². The van der Waals surface area contributed by atoms with Crippen molar-refractivity contribution in [1.82, 2.24) is 4.90 Å². The molecule has 1 aromatic heterocycles. The number of pyridine rings is 1. The molecule has 0 saturated heterocycles. The minimum Gasteiger partial charge on any atom is -0.619 e. The van der Waals surface area contributed by atoms with E-state index < -0.39 is 5.97 Å². The average Bonchev–Trinajstić information content (AvgIpc) is 2.72.